The summed E-state index contributed by atoms with van der Waals surface area (Å²) in [6.07, 6.45) is 2.07. The summed E-state index contributed by atoms with van der Waals surface area (Å²) in [5.74, 6) is -0.125. The van der Waals surface area contributed by atoms with Crippen LogP contribution in [0, 0.1) is 0 Å². The fourth-order valence-electron chi connectivity index (χ4n) is 2.44. The third-order valence-electron chi connectivity index (χ3n) is 3.76. The van der Waals surface area contributed by atoms with E-state index in [9.17, 15) is 13.2 Å². The summed E-state index contributed by atoms with van der Waals surface area (Å²) >= 11 is 0. The molecule has 1 aliphatic rings. The molecule has 1 aromatic carbocycles. The average Bonchev–Trinajstić information content (AvgIpc) is 3.04. The Morgan fingerprint density at radius 1 is 1.38 bits per heavy atom. The van der Waals surface area contributed by atoms with E-state index in [1.807, 2.05) is 0 Å². The van der Waals surface area contributed by atoms with Crippen molar-refractivity contribution in [3.63, 3.8) is 0 Å². The van der Waals surface area contributed by atoms with Crippen LogP contribution in [-0.2, 0) is 26.1 Å². The Balaban J connectivity index is 1.86. The van der Waals surface area contributed by atoms with E-state index < -0.39 is 10.0 Å². The molecule has 0 saturated carbocycles. The summed E-state index contributed by atoms with van der Waals surface area (Å²) in [7, 11) is -3.55. The second-order valence-electron chi connectivity index (χ2n) is 6.09. The Bertz CT molecular complexity index is 638. The Labute approximate surface area is 143 Å². The Kier molecular flexibility index (Phi) is 6.73. The lowest BCUT2D eigenvalue weighted by Crippen LogP contribution is -2.32. The van der Waals surface area contributed by atoms with Crippen LogP contribution >= 0.6 is 0 Å². The third kappa shape index (κ3) is 5.86. The van der Waals surface area contributed by atoms with Gasteiger partial charge in [-0.15, -0.1) is 0 Å². The van der Waals surface area contributed by atoms with Gasteiger partial charge in [0.15, 0.2) is 0 Å². The predicted octanol–water partition coefficient (Wildman–Crippen LogP) is 0.497. The van der Waals surface area contributed by atoms with Crippen molar-refractivity contribution < 1.29 is 17.9 Å². The highest BCUT2D eigenvalue weighted by Gasteiger charge is 2.20. The molecule has 24 heavy (non-hydrogen) atoms. The van der Waals surface area contributed by atoms with Gasteiger partial charge in [0.25, 0.3) is 0 Å². The molecule has 2 rings (SSSR count). The first kappa shape index (κ1) is 18.9. The van der Waals surface area contributed by atoms with Crippen LogP contribution in [0.2, 0.25) is 0 Å². The Morgan fingerprint density at radius 2 is 2.08 bits per heavy atom. The molecule has 4 N–H and O–H groups in total. The number of hydrogen-bond donors (Lipinski definition) is 3. The number of nitrogens with two attached hydrogens (primary N) is 1. The molecule has 2 unspecified atom stereocenters. The zero-order valence-electron chi connectivity index (χ0n) is 13.8. The highest BCUT2D eigenvalue weighted by Crippen LogP contribution is 2.14. The summed E-state index contributed by atoms with van der Waals surface area (Å²) < 4.78 is 32.5. The minimum atomic E-state index is -3.55. The van der Waals surface area contributed by atoms with E-state index in [-0.39, 0.29) is 35.9 Å². The van der Waals surface area contributed by atoms with Gasteiger partial charge in [0.05, 0.1) is 11.0 Å². The number of carbonyl (C=O) groups is 1. The average molecular weight is 355 g/mol. The number of rotatable bonds is 8. The maximum Gasteiger partial charge on any atom is 0.240 e. The molecule has 0 spiro atoms. The predicted molar refractivity (Wildman–Crippen MR) is 90.7 cm³/mol. The zero-order valence-corrected chi connectivity index (χ0v) is 14.6. The van der Waals surface area contributed by atoms with Crippen molar-refractivity contribution in [1.29, 1.82) is 0 Å². The lowest BCUT2D eigenvalue weighted by Gasteiger charge is -2.12. The zero-order chi connectivity index (χ0) is 17.6. The van der Waals surface area contributed by atoms with Crippen LogP contribution < -0.4 is 15.8 Å². The number of nitrogens with one attached hydrogen (secondary N) is 2. The number of ether oxygens (including phenoxy) is 1. The largest absolute Gasteiger partial charge is 0.377 e. The van der Waals surface area contributed by atoms with E-state index in [2.05, 4.69) is 10.0 Å². The summed E-state index contributed by atoms with van der Waals surface area (Å²) in [5, 5.41) is 2.75. The standard InChI is InChI=1S/C16H25N3O4S/c1-12(17)9-16(20)18-10-13-4-6-15(7-5-13)24(21,22)19-11-14-3-2-8-23-14/h4-7,12,14,19H,2-3,8-11,17H2,1H3,(H,18,20). The molecule has 7 nitrogen and oxygen atoms in total. The fourth-order valence-corrected chi connectivity index (χ4v) is 3.51. The van der Waals surface area contributed by atoms with Gasteiger partial charge in [0.1, 0.15) is 0 Å². The van der Waals surface area contributed by atoms with Gasteiger partial charge < -0.3 is 15.8 Å². The fraction of sp³-hybridized carbons (Fsp3) is 0.562. The second-order valence-corrected chi connectivity index (χ2v) is 7.86. The van der Waals surface area contributed by atoms with Crippen molar-refractivity contribution in [1.82, 2.24) is 10.0 Å². The first-order valence-electron chi connectivity index (χ1n) is 8.09. The van der Waals surface area contributed by atoms with E-state index in [0.717, 1.165) is 18.4 Å². The molecule has 1 aliphatic heterocycles. The molecular formula is C16H25N3O4S. The lowest BCUT2D eigenvalue weighted by molar-refractivity contribution is -0.121. The van der Waals surface area contributed by atoms with Gasteiger partial charge in [0, 0.05) is 32.2 Å². The second kappa shape index (κ2) is 8.57. The first-order valence-corrected chi connectivity index (χ1v) is 9.57. The monoisotopic (exact) mass is 355 g/mol. The maximum absolute atomic E-state index is 12.2. The Morgan fingerprint density at radius 3 is 2.67 bits per heavy atom. The van der Waals surface area contributed by atoms with Gasteiger partial charge in [-0.1, -0.05) is 12.1 Å². The molecule has 0 aliphatic carbocycles. The van der Waals surface area contributed by atoms with Crippen LogP contribution in [0.4, 0.5) is 0 Å². The normalized spacial score (nSPS) is 19.2. The van der Waals surface area contributed by atoms with E-state index in [0.29, 0.717) is 13.2 Å². The molecule has 1 fully saturated rings. The number of benzene rings is 1. The first-order chi connectivity index (χ1) is 11.4. The molecule has 1 saturated heterocycles. The van der Waals surface area contributed by atoms with Crippen molar-refractivity contribution >= 4 is 15.9 Å². The minimum Gasteiger partial charge on any atom is -0.377 e. The van der Waals surface area contributed by atoms with Gasteiger partial charge in [-0.2, -0.15) is 0 Å². The van der Waals surface area contributed by atoms with Crippen molar-refractivity contribution in [3.05, 3.63) is 29.8 Å². The molecule has 1 heterocycles. The van der Waals surface area contributed by atoms with E-state index >= 15 is 0 Å². The SMILES string of the molecule is CC(N)CC(=O)NCc1ccc(S(=O)(=O)NCC2CCCO2)cc1. The van der Waals surface area contributed by atoms with Crippen molar-refractivity contribution in [2.24, 2.45) is 5.73 Å². The molecule has 1 aromatic rings. The molecule has 0 bridgehead atoms. The summed E-state index contributed by atoms with van der Waals surface area (Å²) in [5.41, 5.74) is 6.39. The van der Waals surface area contributed by atoms with Crippen molar-refractivity contribution in [3.8, 4) is 0 Å². The van der Waals surface area contributed by atoms with Crippen LogP contribution in [0.25, 0.3) is 0 Å². The van der Waals surface area contributed by atoms with Gasteiger partial charge >= 0.3 is 0 Å². The van der Waals surface area contributed by atoms with Gasteiger partial charge in [0.2, 0.25) is 15.9 Å². The number of hydrogen-bond acceptors (Lipinski definition) is 5. The van der Waals surface area contributed by atoms with Gasteiger partial charge in [-0.25, -0.2) is 13.1 Å². The minimum absolute atomic E-state index is 0.0424. The van der Waals surface area contributed by atoms with Crippen LogP contribution in [-0.4, -0.2) is 39.6 Å². The van der Waals surface area contributed by atoms with Crippen LogP contribution in [0.3, 0.4) is 0 Å². The summed E-state index contributed by atoms with van der Waals surface area (Å²) in [4.78, 5) is 11.8. The van der Waals surface area contributed by atoms with E-state index in [1.165, 1.54) is 12.1 Å². The van der Waals surface area contributed by atoms with Crippen LogP contribution in [0.15, 0.2) is 29.2 Å². The van der Waals surface area contributed by atoms with Gasteiger partial charge in [-0.05, 0) is 37.5 Å². The summed E-state index contributed by atoms with van der Waals surface area (Å²) in [6.45, 7) is 3.09. The molecule has 2 atom stereocenters. The molecule has 8 heteroatoms. The molecular weight excluding hydrogens is 330 g/mol. The number of sulfonamides is 1. The molecule has 0 aromatic heterocycles. The highest BCUT2D eigenvalue weighted by molar-refractivity contribution is 7.89. The van der Waals surface area contributed by atoms with Gasteiger partial charge in [-0.3, -0.25) is 4.79 Å². The third-order valence-corrected chi connectivity index (χ3v) is 5.20. The van der Waals surface area contributed by atoms with E-state index in [4.69, 9.17) is 10.5 Å². The molecule has 1 amide bonds. The molecule has 134 valence electrons. The number of amides is 1. The van der Waals surface area contributed by atoms with Crippen LogP contribution in [0.5, 0.6) is 0 Å². The van der Waals surface area contributed by atoms with E-state index in [1.54, 1.807) is 19.1 Å². The Hall–Kier alpha value is -1.48. The smallest absolute Gasteiger partial charge is 0.240 e. The molecule has 0 radical (unpaired) electrons. The number of carbonyl (C=O) groups excluding carboxylic acids is 1. The van der Waals surface area contributed by atoms with Crippen LogP contribution in [0.1, 0.15) is 31.7 Å². The lowest BCUT2D eigenvalue weighted by atomic mass is 10.2. The van der Waals surface area contributed by atoms with Crippen molar-refractivity contribution in [2.75, 3.05) is 13.2 Å². The van der Waals surface area contributed by atoms with Crippen molar-refractivity contribution in [2.45, 2.75) is 49.8 Å². The highest BCUT2D eigenvalue weighted by atomic mass is 32.2. The quantitative estimate of drug-likeness (QED) is 0.629. The summed E-state index contributed by atoms with van der Waals surface area (Å²) in [6, 6.07) is 6.25. The topological polar surface area (TPSA) is 111 Å². The maximum atomic E-state index is 12.2.